The van der Waals surface area contributed by atoms with Crippen molar-refractivity contribution < 1.29 is 19.1 Å². The predicted octanol–water partition coefficient (Wildman–Crippen LogP) is 1.87. The number of amides is 2. The summed E-state index contributed by atoms with van der Waals surface area (Å²) in [5.41, 5.74) is 1.74. The predicted molar refractivity (Wildman–Crippen MR) is 105 cm³/mol. The van der Waals surface area contributed by atoms with E-state index < -0.39 is 5.97 Å². The number of hydrogen-bond donors (Lipinski definition) is 1. The van der Waals surface area contributed by atoms with E-state index in [0.717, 1.165) is 0 Å². The van der Waals surface area contributed by atoms with Gasteiger partial charge in [0.2, 0.25) is 5.91 Å². The highest BCUT2D eigenvalue weighted by molar-refractivity contribution is 5.95. The van der Waals surface area contributed by atoms with Gasteiger partial charge in [0.1, 0.15) is 0 Å². The Morgan fingerprint density at radius 1 is 0.893 bits per heavy atom. The van der Waals surface area contributed by atoms with E-state index in [2.05, 4.69) is 10.1 Å². The van der Waals surface area contributed by atoms with E-state index in [9.17, 15) is 14.4 Å². The number of carbonyl (C=O) groups is 3. The molecular formula is C21H23N3O4. The van der Waals surface area contributed by atoms with Gasteiger partial charge in [0.15, 0.2) is 0 Å². The van der Waals surface area contributed by atoms with Crippen LogP contribution in [0.5, 0.6) is 0 Å². The smallest absolute Gasteiger partial charge is 0.337 e. The van der Waals surface area contributed by atoms with Crippen LogP contribution in [-0.4, -0.2) is 67.4 Å². The number of ether oxygens (including phenoxy) is 1. The molecule has 146 valence electrons. The van der Waals surface area contributed by atoms with Gasteiger partial charge >= 0.3 is 5.97 Å². The minimum absolute atomic E-state index is 0.0235. The third-order valence-electron chi connectivity index (χ3n) is 4.64. The molecule has 7 heteroatoms. The summed E-state index contributed by atoms with van der Waals surface area (Å²) in [5.74, 6) is -0.523. The van der Waals surface area contributed by atoms with Crippen LogP contribution in [0.15, 0.2) is 54.6 Å². The SMILES string of the molecule is COC(=O)c1ccc(NC(=O)CN2CCN(C(=O)c3ccccc3)CC2)cc1. The summed E-state index contributed by atoms with van der Waals surface area (Å²) in [6, 6.07) is 15.8. The number of nitrogens with one attached hydrogen (secondary N) is 1. The highest BCUT2D eigenvalue weighted by Gasteiger charge is 2.23. The Balaban J connectivity index is 1.46. The second-order valence-corrected chi connectivity index (χ2v) is 6.55. The van der Waals surface area contributed by atoms with E-state index in [1.165, 1.54) is 7.11 Å². The lowest BCUT2D eigenvalue weighted by Gasteiger charge is -2.34. The molecule has 1 N–H and O–H groups in total. The molecule has 0 spiro atoms. The summed E-state index contributed by atoms with van der Waals surface area (Å²) in [7, 11) is 1.32. The quantitative estimate of drug-likeness (QED) is 0.800. The largest absolute Gasteiger partial charge is 0.465 e. The number of anilines is 1. The number of methoxy groups -OCH3 is 1. The molecule has 7 nitrogen and oxygen atoms in total. The van der Waals surface area contributed by atoms with E-state index in [4.69, 9.17) is 0 Å². The van der Waals surface area contributed by atoms with E-state index >= 15 is 0 Å². The lowest BCUT2D eigenvalue weighted by Crippen LogP contribution is -2.50. The summed E-state index contributed by atoms with van der Waals surface area (Å²) < 4.78 is 4.65. The Bertz CT molecular complexity index is 828. The average molecular weight is 381 g/mol. The normalized spacial score (nSPS) is 14.4. The third kappa shape index (κ3) is 4.95. The van der Waals surface area contributed by atoms with Crippen molar-refractivity contribution in [3.63, 3.8) is 0 Å². The molecule has 0 bridgehead atoms. The van der Waals surface area contributed by atoms with Crippen molar-refractivity contribution in [3.8, 4) is 0 Å². The fraction of sp³-hybridized carbons (Fsp3) is 0.286. The zero-order chi connectivity index (χ0) is 19.9. The van der Waals surface area contributed by atoms with Gasteiger partial charge < -0.3 is 15.0 Å². The van der Waals surface area contributed by atoms with E-state index in [1.54, 1.807) is 24.3 Å². The van der Waals surface area contributed by atoms with Gasteiger partial charge in [0.05, 0.1) is 19.2 Å². The van der Waals surface area contributed by atoms with Crippen LogP contribution >= 0.6 is 0 Å². The molecule has 1 aliphatic rings. The zero-order valence-electron chi connectivity index (χ0n) is 15.8. The van der Waals surface area contributed by atoms with Crippen LogP contribution in [0.1, 0.15) is 20.7 Å². The Labute approximate surface area is 163 Å². The summed E-state index contributed by atoms with van der Waals surface area (Å²) in [6.07, 6.45) is 0. The first-order chi connectivity index (χ1) is 13.6. The lowest BCUT2D eigenvalue weighted by molar-refractivity contribution is -0.117. The van der Waals surface area contributed by atoms with Crippen LogP contribution in [0.2, 0.25) is 0 Å². The number of esters is 1. The Morgan fingerprint density at radius 2 is 1.54 bits per heavy atom. The van der Waals surface area contributed by atoms with Crippen molar-refractivity contribution in [2.45, 2.75) is 0 Å². The van der Waals surface area contributed by atoms with E-state index in [-0.39, 0.29) is 18.4 Å². The molecule has 2 aromatic rings. The molecule has 1 saturated heterocycles. The molecule has 1 heterocycles. The molecule has 3 rings (SSSR count). The topological polar surface area (TPSA) is 79.0 Å². The maximum Gasteiger partial charge on any atom is 0.337 e. The molecule has 2 amide bonds. The van der Waals surface area contributed by atoms with Crippen LogP contribution in [0, 0.1) is 0 Å². The fourth-order valence-corrected chi connectivity index (χ4v) is 3.08. The molecule has 0 aromatic heterocycles. The molecule has 1 aliphatic heterocycles. The molecule has 0 unspecified atom stereocenters. The molecule has 1 fully saturated rings. The van der Waals surface area contributed by atoms with Crippen molar-refractivity contribution in [3.05, 3.63) is 65.7 Å². The van der Waals surface area contributed by atoms with Crippen molar-refractivity contribution in [1.82, 2.24) is 9.80 Å². The summed E-state index contributed by atoms with van der Waals surface area (Å²) in [5, 5.41) is 2.82. The van der Waals surface area contributed by atoms with Crippen LogP contribution in [0.3, 0.4) is 0 Å². The number of benzene rings is 2. The zero-order valence-corrected chi connectivity index (χ0v) is 15.8. The van der Waals surface area contributed by atoms with Gasteiger partial charge in [-0.25, -0.2) is 4.79 Å². The number of rotatable bonds is 5. The summed E-state index contributed by atoms with van der Waals surface area (Å²) in [4.78, 5) is 40.0. The molecule has 0 aliphatic carbocycles. The van der Waals surface area contributed by atoms with Crippen molar-refractivity contribution in [2.75, 3.05) is 45.2 Å². The minimum atomic E-state index is -0.416. The molecule has 2 aromatic carbocycles. The standard InChI is InChI=1S/C21H23N3O4/c1-28-21(27)17-7-9-18(10-8-17)22-19(25)15-23-11-13-24(14-12-23)20(26)16-5-3-2-4-6-16/h2-10H,11-15H2,1H3,(H,22,25). The molecule has 28 heavy (non-hydrogen) atoms. The monoisotopic (exact) mass is 381 g/mol. The number of carbonyl (C=O) groups excluding carboxylic acids is 3. The highest BCUT2D eigenvalue weighted by atomic mass is 16.5. The number of nitrogens with zero attached hydrogens (tertiary/aromatic N) is 2. The molecule has 0 atom stereocenters. The summed E-state index contributed by atoms with van der Waals surface area (Å²) >= 11 is 0. The second-order valence-electron chi connectivity index (χ2n) is 6.55. The Hall–Kier alpha value is -3.19. The first-order valence-electron chi connectivity index (χ1n) is 9.12. The van der Waals surface area contributed by atoms with Crippen LogP contribution < -0.4 is 5.32 Å². The van der Waals surface area contributed by atoms with Gasteiger partial charge in [-0.2, -0.15) is 0 Å². The van der Waals surface area contributed by atoms with Gasteiger partial charge in [-0.15, -0.1) is 0 Å². The first-order valence-corrected chi connectivity index (χ1v) is 9.12. The van der Waals surface area contributed by atoms with Crippen molar-refractivity contribution in [2.24, 2.45) is 0 Å². The Kier molecular flexibility index (Phi) is 6.39. The second kappa shape index (κ2) is 9.14. The molecular weight excluding hydrogens is 358 g/mol. The molecule has 0 saturated carbocycles. The van der Waals surface area contributed by atoms with Gasteiger partial charge in [-0.3, -0.25) is 14.5 Å². The van der Waals surface area contributed by atoms with Gasteiger partial charge in [-0.05, 0) is 36.4 Å². The van der Waals surface area contributed by atoms with E-state index in [0.29, 0.717) is 43.0 Å². The average Bonchev–Trinajstić information content (AvgIpc) is 2.74. The third-order valence-corrected chi connectivity index (χ3v) is 4.64. The first kappa shape index (κ1) is 19.6. The van der Waals surface area contributed by atoms with Crippen LogP contribution in [-0.2, 0) is 9.53 Å². The van der Waals surface area contributed by atoms with Gasteiger partial charge in [-0.1, -0.05) is 18.2 Å². The van der Waals surface area contributed by atoms with Crippen molar-refractivity contribution >= 4 is 23.5 Å². The van der Waals surface area contributed by atoms with Crippen LogP contribution in [0.25, 0.3) is 0 Å². The summed E-state index contributed by atoms with van der Waals surface area (Å²) in [6.45, 7) is 2.73. The number of piperazine rings is 1. The lowest BCUT2D eigenvalue weighted by atomic mass is 10.2. The fourth-order valence-electron chi connectivity index (χ4n) is 3.08. The minimum Gasteiger partial charge on any atom is -0.465 e. The van der Waals surface area contributed by atoms with Crippen LogP contribution in [0.4, 0.5) is 5.69 Å². The number of hydrogen-bond acceptors (Lipinski definition) is 5. The van der Waals surface area contributed by atoms with Gasteiger partial charge in [0, 0.05) is 37.4 Å². The molecule has 0 radical (unpaired) electrons. The van der Waals surface area contributed by atoms with E-state index in [1.807, 2.05) is 40.1 Å². The maximum atomic E-state index is 12.5. The highest BCUT2D eigenvalue weighted by Crippen LogP contribution is 2.12. The maximum absolute atomic E-state index is 12.5. The van der Waals surface area contributed by atoms with Gasteiger partial charge in [0.25, 0.3) is 5.91 Å². The Morgan fingerprint density at radius 3 is 2.14 bits per heavy atom. The van der Waals surface area contributed by atoms with Crippen molar-refractivity contribution in [1.29, 1.82) is 0 Å².